The lowest BCUT2D eigenvalue weighted by atomic mass is 10.2. The lowest BCUT2D eigenvalue weighted by Gasteiger charge is -2.12. The van der Waals surface area contributed by atoms with Crippen molar-refractivity contribution < 1.29 is 9.53 Å². The van der Waals surface area contributed by atoms with E-state index in [1.807, 2.05) is 12.1 Å². The molecule has 1 aromatic heterocycles. The fourth-order valence-electron chi connectivity index (χ4n) is 1.99. The molecule has 3 aromatic rings. The number of amides is 1. The van der Waals surface area contributed by atoms with Gasteiger partial charge in [-0.05, 0) is 42.5 Å². The fourth-order valence-corrected chi connectivity index (χ4v) is 2.45. The van der Waals surface area contributed by atoms with Crippen molar-refractivity contribution in [3.05, 3.63) is 69.9 Å². The highest BCUT2D eigenvalue weighted by molar-refractivity contribution is 9.10. The average molecular weight is 435 g/mol. The lowest BCUT2D eigenvalue weighted by molar-refractivity contribution is 0.0962. The Kier molecular flexibility index (Phi) is 5.55. The van der Waals surface area contributed by atoms with Gasteiger partial charge in [-0.15, -0.1) is 0 Å². The number of anilines is 2. The molecule has 2 aromatic carbocycles. The first-order valence-corrected chi connectivity index (χ1v) is 8.56. The third kappa shape index (κ3) is 4.41. The Bertz CT molecular complexity index is 937. The summed E-state index contributed by atoms with van der Waals surface area (Å²) in [5.41, 5.74) is 11.7. The molecule has 0 fully saturated rings. The third-order valence-corrected chi connectivity index (χ3v) is 4.02. The number of rotatable bonds is 5. The number of hydrogen-bond donors (Lipinski definition) is 3. The van der Waals surface area contributed by atoms with E-state index in [0.717, 1.165) is 4.47 Å². The summed E-state index contributed by atoms with van der Waals surface area (Å²) in [7, 11) is 0. The monoisotopic (exact) mass is 433 g/mol. The predicted octanol–water partition coefficient (Wildman–Crippen LogP) is 4.02. The first kappa shape index (κ1) is 18.0. The maximum Gasteiger partial charge on any atom is 0.269 e. The molecule has 0 radical (unpaired) electrons. The van der Waals surface area contributed by atoms with Crippen molar-refractivity contribution in [2.45, 2.75) is 0 Å². The molecule has 4 N–H and O–H groups in total. The highest BCUT2D eigenvalue weighted by Crippen LogP contribution is 2.29. The molecule has 0 atom stereocenters. The summed E-state index contributed by atoms with van der Waals surface area (Å²) in [5, 5.41) is 0.462. The second-order valence-electron chi connectivity index (χ2n) is 5.09. The van der Waals surface area contributed by atoms with Crippen LogP contribution in [0.3, 0.4) is 0 Å². The van der Waals surface area contributed by atoms with Gasteiger partial charge in [-0.25, -0.2) is 4.98 Å². The van der Waals surface area contributed by atoms with Crippen LogP contribution in [-0.4, -0.2) is 15.9 Å². The van der Waals surface area contributed by atoms with Crippen LogP contribution in [0.1, 0.15) is 10.4 Å². The first-order chi connectivity index (χ1) is 12.5. The standard InChI is InChI=1S/C17H13BrClN5O2/c18-11-4-6-13(7-5-11)26-17-14(20)15(21-9-22-17)23-24-16(25)10-2-1-3-12(19)8-10/h1-9H,20H2,(H,24,25)(H,21,22,23). The molecule has 0 saturated carbocycles. The summed E-state index contributed by atoms with van der Waals surface area (Å²) in [6, 6.07) is 13.7. The number of nitrogens with zero attached hydrogens (tertiary/aromatic N) is 2. The number of nitrogens with one attached hydrogen (secondary N) is 2. The summed E-state index contributed by atoms with van der Waals surface area (Å²) < 4.78 is 6.57. The van der Waals surface area contributed by atoms with Gasteiger partial charge in [-0.3, -0.25) is 15.6 Å². The van der Waals surface area contributed by atoms with E-state index in [4.69, 9.17) is 22.1 Å². The number of benzene rings is 2. The molecule has 0 bridgehead atoms. The number of nitrogens with two attached hydrogens (primary N) is 1. The van der Waals surface area contributed by atoms with Gasteiger partial charge in [-0.2, -0.15) is 4.98 Å². The Labute approximate surface area is 162 Å². The van der Waals surface area contributed by atoms with Gasteiger partial charge in [0, 0.05) is 15.1 Å². The smallest absolute Gasteiger partial charge is 0.269 e. The summed E-state index contributed by atoms with van der Waals surface area (Å²) in [6.07, 6.45) is 1.28. The Morgan fingerprint density at radius 1 is 1.15 bits per heavy atom. The molecule has 3 rings (SSSR count). The van der Waals surface area contributed by atoms with E-state index in [2.05, 4.69) is 36.7 Å². The molecule has 132 valence electrons. The van der Waals surface area contributed by atoms with Crippen LogP contribution in [0.15, 0.2) is 59.3 Å². The van der Waals surface area contributed by atoms with Crippen molar-refractivity contribution in [1.29, 1.82) is 0 Å². The largest absolute Gasteiger partial charge is 0.437 e. The van der Waals surface area contributed by atoms with Crippen LogP contribution in [0.2, 0.25) is 5.02 Å². The first-order valence-electron chi connectivity index (χ1n) is 7.39. The predicted molar refractivity (Wildman–Crippen MR) is 103 cm³/mol. The second kappa shape index (κ2) is 8.03. The van der Waals surface area contributed by atoms with Crippen LogP contribution in [0.5, 0.6) is 11.6 Å². The summed E-state index contributed by atoms with van der Waals surface area (Å²) in [5.74, 6) is 0.553. The van der Waals surface area contributed by atoms with Crippen molar-refractivity contribution in [1.82, 2.24) is 15.4 Å². The van der Waals surface area contributed by atoms with Gasteiger partial charge >= 0.3 is 0 Å². The third-order valence-electron chi connectivity index (χ3n) is 3.26. The highest BCUT2D eigenvalue weighted by Gasteiger charge is 2.12. The zero-order valence-electron chi connectivity index (χ0n) is 13.2. The molecule has 26 heavy (non-hydrogen) atoms. The SMILES string of the molecule is Nc1c(NNC(=O)c2cccc(Cl)c2)ncnc1Oc1ccc(Br)cc1. The van der Waals surface area contributed by atoms with Gasteiger partial charge in [0.2, 0.25) is 5.88 Å². The van der Waals surface area contributed by atoms with Crippen LogP contribution in [0.25, 0.3) is 0 Å². The highest BCUT2D eigenvalue weighted by atomic mass is 79.9. The topological polar surface area (TPSA) is 102 Å². The van der Waals surface area contributed by atoms with Gasteiger partial charge in [0.15, 0.2) is 5.82 Å². The molecule has 0 saturated heterocycles. The summed E-state index contributed by atoms with van der Waals surface area (Å²) in [4.78, 5) is 20.2. The van der Waals surface area contributed by atoms with Crippen LogP contribution >= 0.6 is 27.5 Å². The minimum Gasteiger partial charge on any atom is -0.437 e. The number of aromatic nitrogens is 2. The van der Waals surface area contributed by atoms with Crippen molar-refractivity contribution in [3.8, 4) is 11.6 Å². The molecule has 1 amide bonds. The maximum atomic E-state index is 12.1. The molecule has 9 heteroatoms. The average Bonchev–Trinajstić information content (AvgIpc) is 2.64. The van der Waals surface area contributed by atoms with Gasteiger partial charge in [0.25, 0.3) is 5.91 Å². The van der Waals surface area contributed by atoms with Gasteiger partial charge in [-0.1, -0.05) is 33.6 Å². The minimum absolute atomic E-state index is 0.154. The Hall–Kier alpha value is -2.84. The van der Waals surface area contributed by atoms with Gasteiger partial charge in [0.1, 0.15) is 17.8 Å². The van der Waals surface area contributed by atoms with E-state index in [1.54, 1.807) is 36.4 Å². The second-order valence-corrected chi connectivity index (χ2v) is 6.44. The van der Waals surface area contributed by atoms with Crippen LogP contribution in [0, 0.1) is 0 Å². The van der Waals surface area contributed by atoms with Crippen molar-refractivity contribution >= 4 is 44.9 Å². The van der Waals surface area contributed by atoms with E-state index >= 15 is 0 Å². The van der Waals surface area contributed by atoms with E-state index < -0.39 is 0 Å². The number of ether oxygens (including phenoxy) is 1. The van der Waals surface area contributed by atoms with Gasteiger partial charge < -0.3 is 10.5 Å². The van der Waals surface area contributed by atoms with Crippen molar-refractivity contribution in [2.24, 2.45) is 0 Å². The molecule has 1 heterocycles. The van der Waals surface area contributed by atoms with Crippen LogP contribution in [-0.2, 0) is 0 Å². The number of hydrogen-bond acceptors (Lipinski definition) is 6. The van der Waals surface area contributed by atoms with E-state index in [-0.39, 0.29) is 23.3 Å². The normalized spacial score (nSPS) is 10.2. The summed E-state index contributed by atoms with van der Waals surface area (Å²) in [6.45, 7) is 0. The number of hydrazine groups is 1. The maximum absolute atomic E-state index is 12.1. The molecule has 0 aliphatic heterocycles. The molecule has 7 nitrogen and oxygen atoms in total. The molecule has 0 aliphatic rings. The number of halogens is 2. The Morgan fingerprint density at radius 2 is 1.92 bits per heavy atom. The number of carbonyl (C=O) groups excluding carboxylic acids is 1. The van der Waals surface area contributed by atoms with Gasteiger partial charge in [0.05, 0.1) is 0 Å². The zero-order valence-corrected chi connectivity index (χ0v) is 15.6. The lowest BCUT2D eigenvalue weighted by Crippen LogP contribution is -2.30. The van der Waals surface area contributed by atoms with Crippen molar-refractivity contribution in [3.63, 3.8) is 0 Å². The summed E-state index contributed by atoms with van der Waals surface area (Å²) >= 11 is 9.23. The minimum atomic E-state index is -0.388. The quantitative estimate of drug-likeness (QED) is 0.524. The molecular formula is C17H13BrClN5O2. The van der Waals surface area contributed by atoms with E-state index in [0.29, 0.717) is 16.3 Å². The Morgan fingerprint density at radius 3 is 2.65 bits per heavy atom. The van der Waals surface area contributed by atoms with Crippen molar-refractivity contribution in [2.75, 3.05) is 11.2 Å². The van der Waals surface area contributed by atoms with Crippen LogP contribution in [0.4, 0.5) is 11.5 Å². The number of nitrogen functional groups attached to an aromatic ring is 1. The fraction of sp³-hybridized carbons (Fsp3) is 0. The molecule has 0 spiro atoms. The van der Waals surface area contributed by atoms with E-state index in [9.17, 15) is 4.79 Å². The molecule has 0 aliphatic carbocycles. The zero-order chi connectivity index (χ0) is 18.5. The molecular weight excluding hydrogens is 422 g/mol. The number of carbonyl (C=O) groups is 1. The molecule has 0 unspecified atom stereocenters. The van der Waals surface area contributed by atoms with Crippen LogP contribution < -0.4 is 21.3 Å². The Balaban J connectivity index is 1.70. The van der Waals surface area contributed by atoms with E-state index in [1.165, 1.54) is 6.33 Å².